The number of rotatable bonds is 0. The van der Waals surface area contributed by atoms with Gasteiger partial charge in [-0.25, -0.2) is 0 Å². The van der Waals surface area contributed by atoms with Gasteiger partial charge in [0.15, 0.2) is 0 Å². The van der Waals surface area contributed by atoms with Crippen molar-refractivity contribution in [1.29, 1.82) is 5.26 Å². The van der Waals surface area contributed by atoms with E-state index in [1.807, 2.05) is 12.1 Å². The summed E-state index contributed by atoms with van der Waals surface area (Å²) in [5.74, 6) is 0. The van der Waals surface area contributed by atoms with Gasteiger partial charge in [0.25, 0.3) is 0 Å². The van der Waals surface area contributed by atoms with Crippen LogP contribution >= 0.6 is 0 Å². The highest BCUT2D eigenvalue weighted by Crippen LogP contribution is 2.53. The number of hydrogen-bond acceptors (Lipinski definition) is 2. The van der Waals surface area contributed by atoms with Gasteiger partial charge in [-0.2, -0.15) is 5.26 Å². The molecule has 2 atom stereocenters. The van der Waals surface area contributed by atoms with E-state index in [4.69, 9.17) is 0 Å². The van der Waals surface area contributed by atoms with Gasteiger partial charge < -0.3 is 5.32 Å². The van der Waals surface area contributed by atoms with Gasteiger partial charge in [-0.1, -0.05) is 32.9 Å². The van der Waals surface area contributed by atoms with Crippen molar-refractivity contribution in [2.75, 3.05) is 6.54 Å². The van der Waals surface area contributed by atoms with Crippen molar-refractivity contribution in [3.8, 4) is 6.07 Å². The molecule has 0 spiro atoms. The summed E-state index contributed by atoms with van der Waals surface area (Å²) in [6.45, 7) is 8.19. The molecule has 1 heterocycles. The summed E-state index contributed by atoms with van der Waals surface area (Å²) in [7, 11) is 0. The standard InChI is InChI=1S/C16H20N2/c1-15(2)14-9-12-11(10-17)5-4-6-13(12)16(15,3)7-8-18-14/h4-6,14,18H,7-9H2,1-3H3/t14-,16-/m0/s1. The SMILES string of the molecule is CC1(C)[C@@H]2Cc3c(C#N)cccc3[C@]1(C)CCN2. The summed E-state index contributed by atoms with van der Waals surface area (Å²) in [5.41, 5.74) is 3.97. The average molecular weight is 240 g/mol. The van der Waals surface area contributed by atoms with Crippen LogP contribution in [0.1, 0.15) is 43.9 Å². The zero-order valence-electron chi connectivity index (χ0n) is 11.4. The summed E-state index contributed by atoms with van der Waals surface area (Å²) >= 11 is 0. The molecule has 0 unspecified atom stereocenters. The third-order valence-corrected chi connectivity index (χ3v) is 5.61. The Hall–Kier alpha value is -1.33. The lowest BCUT2D eigenvalue weighted by Crippen LogP contribution is -2.62. The fourth-order valence-electron chi connectivity index (χ4n) is 3.90. The molecule has 0 radical (unpaired) electrons. The Morgan fingerprint density at radius 1 is 1.33 bits per heavy atom. The molecule has 1 saturated heterocycles. The number of hydrogen-bond donors (Lipinski definition) is 1. The lowest BCUT2D eigenvalue weighted by Gasteiger charge is -2.57. The van der Waals surface area contributed by atoms with Crippen LogP contribution in [0.25, 0.3) is 0 Å². The third kappa shape index (κ3) is 1.26. The first-order valence-electron chi connectivity index (χ1n) is 6.76. The first-order valence-corrected chi connectivity index (χ1v) is 6.76. The van der Waals surface area contributed by atoms with Gasteiger partial charge in [0.1, 0.15) is 0 Å². The van der Waals surface area contributed by atoms with Gasteiger partial charge in [0.2, 0.25) is 0 Å². The maximum absolute atomic E-state index is 9.30. The Labute approximate surface area is 109 Å². The molecule has 94 valence electrons. The average Bonchev–Trinajstić information content (AvgIpc) is 2.33. The van der Waals surface area contributed by atoms with E-state index in [-0.39, 0.29) is 10.8 Å². The Balaban J connectivity index is 2.27. The Kier molecular flexibility index (Phi) is 2.34. The zero-order valence-corrected chi connectivity index (χ0v) is 11.4. The predicted octanol–water partition coefficient (Wildman–Crippen LogP) is 2.76. The maximum atomic E-state index is 9.30. The second-order valence-electron chi connectivity index (χ2n) is 6.46. The lowest BCUT2D eigenvalue weighted by molar-refractivity contribution is 0.0558. The molecule has 3 rings (SSSR count). The van der Waals surface area contributed by atoms with Crippen molar-refractivity contribution < 1.29 is 0 Å². The van der Waals surface area contributed by atoms with E-state index < -0.39 is 0 Å². The van der Waals surface area contributed by atoms with Crippen molar-refractivity contribution in [3.63, 3.8) is 0 Å². The molecule has 1 aromatic carbocycles. The molecule has 1 aliphatic carbocycles. The smallest absolute Gasteiger partial charge is 0.0994 e. The van der Waals surface area contributed by atoms with Crippen molar-refractivity contribution >= 4 is 0 Å². The first kappa shape index (κ1) is 11.7. The normalized spacial score (nSPS) is 32.4. The van der Waals surface area contributed by atoms with Crippen LogP contribution in [0.3, 0.4) is 0 Å². The molecule has 2 aliphatic rings. The molecule has 0 amide bonds. The number of nitrogens with zero attached hydrogens (tertiary/aromatic N) is 1. The Bertz CT molecular complexity index is 539. The van der Waals surface area contributed by atoms with Crippen LogP contribution in [0.15, 0.2) is 18.2 Å². The minimum atomic E-state index is 0.184. The van der Waals surface area contributed by atoms with E-state index in [1.54, 1.807) is 0 Å². The molecule has 2 nitrogen and oxygen atoms in total. The lowest BCUT2D eigenvalue weighted by atomic mass is 9.51. The fourth-order valence-corrected chi connectivity index (χ4v) is 3.90. The molecular weight excluding hydrogens is 220 g/mol. The van der Waals surface area contributed by atoms with Crippen LogP contribution in [0.2, 0.25) is 0 Å². The molecule has 1 aliphatic heterocycles. The number of fused-ring (bicyclic) bond motifs is 4. The molecule has 18 heavy (non-hydrogen) atoms. The van der Waals surface area contributed by atoms with Crippen LogP contribution in [0.5, 0.6) is 0 Å². The van der Waals surface area contributed by atoms with Crippen LogP contribution in [0.4, 0.5) is 0 Å². The van der Waals surface area contributed by atoms with Gasteiger partial charge in [-0.15, -0.1) is 0 Å². The first-order chi connectivity index (χ1) is 8.50. The van der Waals surface area contributed by atoms with Crippen molar-refractivity contribution in [1.82, 2.24) is 5.32 Å². The van der Waals surface area contributed by atoms with Crippen molar-refractivity contribution in [3.05, 3.63) is 34.9 Å². The van der Waals surface area contributed by atoms with E-state index in [2.05, 4.69) is 38.2 Å². The quantitative estimate of drug-likeness (QED) is 0.757. The van der Waals surface area contributed by atoms with E-state index in [1.165, 1.54) is 11.1 Å². The summed E-state index contributed by atoms with van der Waals surface area (Å²) in [6.07, 6.45) is 2.14. The van der Waals surface area contributed by atoms with Crippen LogP contribution in [0, 0.1) is 16.7 Å². The highest BCUT2D eigenvalue weighted by atomic mass is 15.0. The van der Waals surface area contributed by atoms with E-state index in [9.17, 15) is 5.26 Å². The zero-order chi connectivity index (χ0) is 13.0. The van der Waals surface area contributed by atoms with Crippen molar-refractivity contribution in [2.45, 2.75) is 45.1 Å². The molecular formula is C16H20N2. The van der Waals surface area contributed by atoms with Crippen molar-refractivity contribution in [2.24, 2.45) is 5.41 Å². The monoisotopic (exact) mass is 240 g/mol. The van der Waals surface area contributed by atoms with Gasteiger partial charge in [-0.05, 0) is 42.0 Å². The second-order valence-corrected chi connectivity index (χ2v) is 6.46. The van der Waals surface area contributed by atoms with Crippen LogP contribution < -0.4 is 5.32 Å². The van der Waals surface area contributed by atoms with Gasteiger partial charge in [0.05, 0.1) is 11.6 Å². The summed E-state index contributed by atoms with van der Waals surface area (Å²) < 4.78 is 0. The molecule has 1 fully saturated rings. The van der Waals surface area contributed by atoms with Crippen LogP contribution in [-0.4, -0.2) is 12.6 Å². The summed E-state index contributed by atoms with van der Waals surface area (Å²) in [6, 6.07) is 9.08. The van der Waals surface area contributed by atoms with Gasteiger partial charge >= 0.3 is 0 Å². The molecule has 1 N–H and O–H groups in total. The minimum absolute atomic E-state index is 0.184. The minimum Gasteiger partial charge on any atom is -0.313 e. The topological polar surface area (TPSA) is 35.8 Å². The van der Waals surface area contributed by atoms with E-state index in [0.717, 1.165) is 24.9 Å². The number of piperidine rings is 1. The number of benzene rings is 1. The Morgan fingerprint density at radius 2 is 2.11 bits per heavy atom. The van der Waals surface area contributed by atoms with E-state index >= 15 is 0 Å². The second kappa shape index (κ2) is 3.59. The fraction of sp³-hybridized carbons (Fsp3) is 0.562. The Morgan fingerprint density at radius 3 is 2.83 bits per heavy atom. The number of nitriles is 1. The van der Waals surface area contributed by atoms with Gasteiger partial charge in [-0.3, -0.25) is 0 Å². The predicted molar refractivity (Wildman–Crippen MR) is 72.4 cm³/mol. The van der Waals surface area contributed by atoms with Crippen LogP contribution in [-0.2, 0) is 11.8 Å². The third-order valence-electron chi connectivity index (χ3n) is 5.61. The molecule has 2 bridgehead atoms. The summed E-state index contributed by atoms with van der Waals surface area (Å²) in [5, 5.41) is 12.9. The molecule has 2 heteroatoms. The largest absolute Gasteiger partial charge is 0.313 e. The van der Waals surface area contributed by atoms with E-state index in [0.29, 0.717) is 6.04 Å². The summed E-state index contributed by atoms with van der Waals surface area (Å²) in [4.78, 5) is 0. The number of nitrogens with one attached hydrogen (secondary N) is 1. The highest BCUT2D eigenvalue weighted by molar-refractivity contribution is 5.50. The van der Waals surface area contributed by atoms with Gasteiger partial charge in [0, 0.05) is 11.5 Å². The molecule has 0 saturated carbocycles. The highest BCUT2D eigenvalue weighted by Gasteiger charge is 2.53. The molecule has 1 aromatic rings. The molecule has 0 aromatic heterocycles. The maximum Gasteiger partial charge on any atom is 0.0994 e.